The second kappa shape index (κ2) is 8.32. The van der Waals surface area contributed by atoms with Crippen LogP contribution in [0.15, 0.2) is 60.0 Å². The maximum absolute atomic E-state index is 13.7. The summed E-state index contributed by atoms with van der Waals surface area (Å²) < 4.78 is 25.2. The lowest BCUT2D eigenvalue weighted by molar-refractivity contribution is -0.385. The molecule has 0 fully saturated rings. The van der Waals surface area contributed by atoms with E-state index in [0.29, 0.717) is 16.4 Å². The van der Waals surface area contributed by atoms with Crippen molar-refractivity contribution >= 4 is 23.0 Å². The molecule has 0 radical (unpaired) electrons. The van der Waals surface area contributed by atoms with Crippen molar-refractivity contribution in [2.45, 2.75) is 0 Å². The zero-order chi connectivity index (χ0) is 22.0. The molecule has 0 saturated carbocycles. The van der Waals surface area contributed by atoms with Gasteiger partial charge in [0.2, 0.25) is 5.75 Å². The molecule has 0 atom stereocenters. The van der Waals surface area contributed by atoms with Gasteiger partial charge in [-0.1, -0.05) is 12.1 Å². The van der Waals surface area contributed by atoms with E-state index in [1.807, 2.05) is 5.38 Å². The molecule has 0 aliphatic rings. The van der Waals surface area contributed by atoms with Crippen LogP contribution in [0.3, 0.4) is 0 Å². The van der Waals surface area contributed by atoms with Crippen molar-refractivity contribution in [2.75, 3.05) is 7.11 Å². The summed E-state index contributed by atoms with van der Waals surface area (Å²) in [5.41, 5.74) is -0.0962. The van der Waals surface area contributed by atoms with E-state index in [-0.39, 0.29) is 17.3 Å². The first-order valence-electron chi connectivity index (χ1n) is 8.78. The molecule has 31 heavy (non-hydrogen) atoms. The van der Waals surface area contributed by atoms with Gasteiger partial charge in [0.25, 0.3) is 5.82 Å². The maximum Gasteiger partial charge on any atom is 0.383 e. The monoisotopic (exact) mass is 440 g/mol. The molecule has 2 aromatic heterocycles. The van der Waals surface area contributed by atoms with Gasteiger partial charge in [-0.3, -0.25) is 10.1 Å². The molecular formula is C20H13FN4O5S. The molecular weight excluding hydrogens is 427 g/mol. The van der Waals surface area contributed by atoms with Gasteiger partial charge < -0.3 is 9.47 Å². The van der Waals surface area contributed by atoms with Gasteiger partial charge in [0.15, 0.2) is 5.82 Å². The van der Waals surface area contributed by atoms with Crippen LogP contribution in [0.1, 0.15) is 10.6 Å². The summed E-state index contributed by atoms with van der Waals surface area (Å²) in [5, 5.41) is 17.3. The van der Waals surface area contributed by atoms with Crippen LogP contribution in [0, 0.1) is 15.9 Å². The lowest BCUT2D eigenvalue weighted by atomic mass is 10.3. The van der Waals surface area contributed by atoms with Gasteiger partial charge in [-0.05, 0) is 41.8 Å². The van der Waals surface area contributed by atoms with Crippen LogP contribution >= 0.6 is 11.3 Å². The lowest BCUT2D eigenvalue weighted by Gasteiger charge is -2.05. The van der Waals surface area contributed by atoms with Gasteiger partial charge in [0.05, 0.1) is 28.7 Å². The molecule has 2 heterocycles. The Hall–Kier alpha value is -4.12. The van der Waals surface area contributed by atoms with Gasteiger partial charge in [0, 0.05) is 0 Å². The summed E-state index contributed by atoms with van der Waals surface area (Å²) in [6.07, 6.45) is 0. The Morgan fingerprint density at radius 1 is 1.19 bits per heavy atom. The lowest BCUT2D eigenvalue weighted by Crippen LogP contribution is -2.12. The molecule has 0 N–H and O–H groups in total. The van der Waals surface area contributed by atoms with Crippen molar-refractivity contribution in [3.8, 4) is 27.9 Å². The number of thiophene rings is 1. The summed E-state index contributed by atoms with van der Waals surface area (Å²) >= 11 is 1.36. The molecule has 0 spiro atoms. The van der Waals surface area contributed by atoms with Crippen LogP contribution in [-0.4, -0.2) is 32.8 Å². The highest BCUT2D eigenvalue weighted by Crippen LogP contribution is 2.32. The van der Waals surface area contributed by atoms with E-state index in [0.717, 1.165) is 6.07 Å². The third kappa shape index (κ3) is 4.12. The first-order chi connectivity index (χ1) is 15.0. The molecule has 0 aliphatic carbocycles. The van der Waals surface area contributed by atoms with Gasteiger partial charge >= 0.3 is 11.7 Å². The number of hydrogen-bond donors (Lipinski definition) is 0. The highest BCUT2D eigenvalue weighted by Gasteiger charge is 2.25. The smallest absolute Gasteiger partial charge is 0.383 e. The van der Waals surface area contributed by atoms with E-state index >= 15 is 0 Å². The minimum atomic E-state index is -0.999. The van der Waals surface area contributed by atoms with E-state index in [4.69, 9.17) is 9.47 Å². The van der Waals surface area contributed by atoms with Crippen LogP contribution in [0.4, 0.5) is 10.1 Å². The summed E-state index contributed by atoms with van der Waals surface area (Å²) in [4.78, 5) is 28.2. The number of hydrogen-bond acceptors (Lipinski definition) is 8. The fraction of sp³-hybridized carbons (Fsp3) is 0.0500. The van der Waals surface area contributed by atoms with Crippen LogP contribution in [0.5, 0.6) is 11.5 Å². The number of nitrogens with zero attached hydrogens (tertiary/aromatic N) is 4. The molecule has 0 unspecified atom stereocenters. The zero-order valence-electron chi connectivity index (χ0n) is 15.9. The molecule has 0 saturated heterocycles. The molecule has 0 aliphatic heterocycles. The van der Waals surface area contributed by atoms with E-state index in [2.05, 4.69) is 10.1 Å². The molecule has 0 amide bonds. The molecule has 156 valence electrons. The van der Waals surface area contributed by atoms with E-state index in [1.165, 1.54) is 53.5 Å². The second-order valence-electron chi connectivity index (χ2n) is 6.11. The first kappa shape index (κ1) is 20.2. The highest BCUT2D eigenvalue weighted by atomic mass is 32.1. The predicted octanol–water partition coefficient (Wildman–Crippen LogP) is 4.27. The summed E-state index contributed by atoms with van der Waals surface area (Å²) in [6.45, 7) is 0. The summed E-state index contributed by atoms with van der Waals surface area (Å²) in [5.74, 6) is -1.56. The number of benzene rings is 2. The third-order valence-corrected chi connectivity index (χ3v) is 5.02. The van der Waals surface area contributed by atoms with Crippen LogP contribution in [-0.2, 0) is 0 Å². The number of nitro groups is 1. The molecule has 4 rings (SSSR count). The molecule has 4 aromatic rings. The number of methoxy groups -OCH3 is 1. The van der Waals surface area contributed by atoms with Gasteiger partial charge in [0.1, 0.15) is 11.6 Å². The zero-order valence-corrected chi connectivity index (χ0v) is 16.7. The number of nitro benzene ring substituents is 1. The quantitative estimate of drug-likeness (QED) is 0.191. The fourth-order valence-corrected chi connectivity index (χ4v) is 3.45. The molecule has 2 aromatic carbocycles. The Morgan fingerprint density at radius 3 is 2.71 bits per heavy atom. The molecule has 11 heteroatoms. The average Bonchev–Trinajstić information content (AvgIpc) is 3.43. The Balaban J connectivity index is 1.73. The number of rotatable bonds is 6. The summed E-state index contributed by atoms with van der Waals surface area (Å²) in [6, 6.07) is 13.0. The number of halogens is 1. The van der Waals surface area contributed by atoms with Crippen molar-refractivity contribution in [3.63, 3.8) is 0 Å². The van der Waals surface area contributed by atoms with E-state index in [9.17, 15) is 19.3 Å². The summed E-state index contributed by atoms with van der Waals surface area (Å²) in [7, 11) is 1.36. The van der Waals surface area contributed by atoms with E-state index < -0.39 is 22.4 Å². The first-order valence-corrected chi connectivity index (χ1v) is 9.65. The number of carbonyl (C=O) groups excluding carboxylic acids is 1. The topological polar surface area (TPSA) is 109 Å². The third-order valence-electron chi connectivity index (χ3n) is 4.15. The standard InChI is InChI=1S/C20H13FN4O5S/c1-29-14-7-8-16(15(11-14)25(27)28)30-20(26)18-22-19(17-6-3-9-31-17)24(23-18)13-5-2-4-12(21)10-13/h2-11H,1H3. The Morgan fingerprint density at radius 2 is 2.03 bits per heavy atom. The fourth-order valence-electron chi connectivity index (χ4n) is 2.75. The SMILES string of the molecule is COc1ccc(OC(=O)c2nc(-c3cccs3)n(-c3cccc(F)c3)n2)c([N+](=O)[O-])c1. The highest BCUT2D eigenvalue weighted by molar-refractivity contribution is 7.13. The van der Waals surface area contributed by atoms with Gasteiger partial charge in [-0.2, -0.15) is 4.98 Å². The van der Waals surface area contributed by atoms with Crippen molar-refractivity contribution < 1.29 is 23.6 Å². The maximum atomic E-state index is 13.7. The number of carbonyl (C=O) groups is 1. The van der Waals surface area contributed by atoms with Crippen LogP contribution < -0.4 is 9.47 Å². The molecule has 9 nitrogen and oxygen atoms in total. The van der Waals surface area contributed by atoms with Crippen molar-refractivity contribution in [3.05, 3.63) is 81.7 Å². The second-order valence-corrected chi connectivity index (χ2v) is 7.06. The normalized spacial score (nSPS) is 10.6. The van der Waals surface area contributed by atoms with Gasteiger partial charge in [-0.25, -0.2) is 13.9 Å². The van der Waals surface area contributed by atoms with Crippen molar-refractivity contribution in [1.29, 1.82) is 0 Å². The van der Waals surface area contributed by atoms with Crippen LogP contribution in [0.25, 0.3) is 16.4 Å². The van der Waals surface area contributed by atoms with Crippen molar-refractivity contribution in [2.24, 2.45) is 0 Å². The minimum absolute atomic E-state index is 0.236. The van der Waals surface area contributed by atoms with Gasteiger partial charge in [-0.15, -0.1) is 16.4 Å². The average molecular weight is 440 g/mol. The predicted molar refractivity (Wildman–Crippen MR) is 109 cm³/mol. The van der Waals surface area contributed by atoms with Crippen LogP contribution in [0.2, 0.25) is 0 Å². The Kier molecular flexibility index (Phi) is 5.41. The largest absolute Gasteiger partial charge is 0.496 e. The van der Waals surface area contributed by atoms with E-state index in [1.54, 1.807) is 18.2 Å². The minimum Gasteiger partial charge on any atom is -0.496 e. The Bertz CT molecular complexity index is 1270. The molecule has 0 bridgehead atoms. The Labute approximate surface area is 178 Å². The van der Waals surface area contributed by atoms with Crippen molar-refractivity contribution in [1.82, 2.24) is 14.8 Å². The number of esters is 1. The number of ether oxygens (including phenoxy) is 2. The number of aromatic nitrogens is 3.